The lowest BCUT2D eigenvalue weighted by Gasteiger charge is -2.56. The average molecular weight is 452 g/mol. The number of carbonyl (C=O) groups is 2. The van der Waals surface area contributed by atoms with Crippen LogP contribution in [0.1, 0.15) is 48.5 Å². The van der Waals surface area contributed by atoms with Crippen LogP contribution in [0.4, 0.5) is 4.39 Å². The van der Waals surface area contributed by atoms with Crippen molar-refractivity contribution in [3.8, 4) is 5.75 Å². The van der Waals surface area contributed by atoms with Gasteiger partial charge in [-0.05, 0) is 51.2 Å². The zero-order chi connectivity index (χ0) is 22.2. The van der Waals surface area contributed by atoms with Gasteiger partial charge < -0.3 is 25.5 Å². The minimum absolute atomic E-state index is 0.0303. The number of hydrogen-bond donors (Lipinski definition) is 4. The molecule has 0 aliphatic heterocycles. The van der Waals surface area contributed by atoms with Crippen molar-refractivity contribution in [1.29, 1.82) is 0 Å². The second-order valence-corrected chi connectivity index (χ2v) is 8.69. The molecule has 4 N–H and O–H groups in total. The van der Waals surface area contributed by atoms with E-state index in [-0.39, 0.29) is 29.1 Å². The normalized spacial score (nSPS) is 27.0. The molecule has 3 aliphatic rings. The number of amides is 2. The van der Waals surface area contributed by atoms with E-state index in [2.05, 4.69) is 25.8 Å². The monoisotopic (exact) mass is 451 g/mol. The number of aromatic amines is 1. The van der Waals surface area contributed by atoms with E-state index >= 15 is 0 Å². The Kier molecular flexibility index (Phi) is 5.61. The maximum Gasteiger partial charge on any atom is 0.289 e. The van der Waals surface area contributed by atoms with Gasteiger partial charge in [0.2, 0.25) is 5.82 Å². The average Bonchev–Trinajstić information content (AvgIpc) is 3.17. The third kappa shape index (κ3) is 4.35. The van der Waals surface area contributed by atoms with Gasteiger partial charge in [0.1, 0.15) is 17.4 Å². The van der Waals surface area contributed by atoms with Gasteiger partial charge in [0.25, 0.3) is 11.8 Å². The van der Waals surface area contributed by atoms with Gasteiger partial charge in [-0.2, -0.15) is 0 Å². The molecule has 2 bridgehead atoms. The standard InChI is InChI=1S/C20H23ClFN5O4/c1-11-23-17(27-26-11)18(30)25-19-4-6-20(7-5-19,15(28)9-19)24-16(29)10-31-12-2-3-13(21)14(22)8-12/h2-3,8,15,28H,4-7,9-10H2,1H3,(H,24,29)(H,25,30)(H,23,26,27)/t15-,19?,20?/m0/s1. The summed E-state index contributed by atoms with van der Waals surface area (Å²) in [5, 5.41) is 24.3. The highest BCUT2D eigenvalue weighted by molar-refractivity contribution is 6.30. The maximum atomic E-state index is 13.5. The van der Waals surface area contributed by atoms with Crippen molar-refractivity contribution < 1.29 is 23.8 Å². The smallest absolute Gasteiger partial charge is 0.289 e. The Hall–Kier alpha value is -2.72. The molecule has 31 heavy (non-hydrogen) atoms. The van der Waals surface area contributed by atoms with Crippen LogP contribution in [-0.4, -0.2) is 55.9 Å². The minimum Gasteiger partial charge on any atom is -0.484 e. The number of carbonyl (C=O) groups excluding carboxylic acids is 2. The molecule has 1 aromatic carbocycles. The number of aliphatic hydroxyl groups is 1. The van der Waals surface area contributed by atoms with Crippen molar-refractivity contribution in [3.63, 3.8) is 0 Å². The van der Waals surface area contributed by atoms with Gasteiger partial charge in [-0.15, -0.1) is 10.2 Å². The second-order valence-electron chi connectivity index (χ2n) is 8.28. The van der Waals surface area contributed by atoms with Gasteiger partial charge in [0.15, 0.2) is 6.61 Å². The zero-order valence-corrected chi connectivity index (χ0v) is 17.6. The van der Waals surface area contributed by atoms with Gasteiger partial charge in [-0.25, -0.2) is 4.39 Å². The van der Waals surface area contributed by atoms with Gasteiger partial charge in [-0.1, -0.05) is 11.6 Å². The van der Waals surface area contributed by atoms with Crippen LogP contribution in [0.5, 0.6) is 5.75 Å². The summed E-state index contributed by atoms with van der Waals surface area (Å²) in [5.41, 5.74) is -1.33. The summed E-state index contributed by atoms with van der Waals surface area (Å²) in [7, 11) is 0. The Morgan fingerprint density at radius 1 is 1.29 bits per heavy atom. The molecule has 1 atom stereocenters. The molecule has 3 fully saturated rings. The highest BCUT2D eigenvalue weighted by atomic mass is 35.5. The molecule has 3 saturated carbocycles. The molecule has 2 aromatic rings. The van der Waals surface area contributed by atoms with Gasteiger partial charge in [-0.3, -0.25) is 9.59 Å². The quantitative estimate of drug-likeness (QED) is 0.528. The molecule has 5 rings (SSSR count). The number of nitrogens with one attached hydrogen (secondary N) is 3. The van der Waals surface area contributed by atoms with E-state index in [1.807, 2.05) is 0 Å². The first-order valence-electron chi connectivity index (χ1n) is 9.99. The third-order valence-electron chi connectivity index (χ3n) is 6.16. The summed E-state index contributed by atoms with van der Waals surface area (Å²) in [6.07, 6.45) is 1.70. The summed E-state index contributed by atoms with van der Waals surface area (Å²) in [6, 6.07) is 3.93. The van der Waals surface area contributed by atoms with Crippen LogP contribution in [-0.2, 0) is 4.79 Å². The zero-order valence-electron chi connectivity index (χ0n) is 16.9. The molecule has 0 saturated heterocycles. The van der Waals surface area contributed by atoms with Crippen molar-refractivity contribution in [2.75, 3.05) is 6.61 Å². The molecule has 2 amide bonds. The number of halogens is 2. The molecule has 11 heteroatoms. The first-order chi connectivity index (χ1) is 14.7. The Morgan fingerprint density at radius 3 is 2.65 bits per heavy atom. The van der Waals surface area contributed by atoms with E-state index < -0.39 is 28.9 Å². The van der Waals surface area contributed by atoms with Crippen molar-refractivity contribution in [3.05, 3.63) is 40.7 Å². The molecule has 0 radical (unpaired) electrons. The van der Waals surface area contributed by atoms with Gasteiger partial charge in [0, 0.05) is 11.6 Å². The number of hydrogen-bond acceptors (Lipinski definition) is 6. The van der Waals surface area contributed by atoms with E-state index in [9.17, 15) is 19.1 Å². The van der Waals surface area contributed by atoms with Crippen molar-refractivity contribution in [2.45, 2.75) is 56.2 Å². The van der Waals surface area contributed by atoms with Gasteiger partial charge in [0.05, 0.1) is 16.7 Å². The first kappa shape index (κ1) is 21.5. The fraction of sp³-hybridized carbons (Fsp3) is 0.500. The summed E-state index contributed by atoms with van der Waals surface area (Å²) < 4.78 is 18.8. The molecule has 0 unspecified atom stereocenters. The number of benzene rings is 1. The van der Waals surface area contributed by atoms with E-state index in [1.54, 1.807) is 6.92 Å². The highest BCUT2D eigenvalue weighted by Crippen LogP contribution is 2.47. The van der Waals surface area contributed by atoms with Crippen LogP contribution in [0.25, 0.3) is 0 Å². The Balaban J connectivity index is 1.34. The molecular formula is C20H23ClFN5O4. The predicted octanol–water partition coefficient (Wildman–Crippen LogP) is 1.65. The lowest BCUT2D eigenvalue weighted by atomic mass is 9.60. The second kappa shape index (κ2) is 8.08. The topological polar surface area (TPSA) is 129 Å². The van der Waals surface area contributed by atoms with E-state index in [1.165, 1.54) is 12.1 Å². The molecule has 9 nitrogen and oxygen atoms in total. The third-order valence-corrected chi connectivity index (χ3v) is 6.47. The SMILES string of the molecule is Cc1nnc(C(=O)NC23CCC(NC(=O)COc4ccc(Cl)c(F)c4)(CC2)[C@@H](O)C3)[nH]1. The fourth-order valence-corrected chi connectivity index (χ4v) is 4.56. The van der Waals surface area contributed by atoms with Crippen molar-refractivity contribution >= 4 is 23.4 Å². The summed E-state index contributed by atoms with van der Waals surface area (Å²) in [4.78, 5) is 27.7. The number of H-pyrrole nitrogens is 1. The lowest BCUT2D eigenvalue weighted by Crippen LogP contribution is -2.70. The first-order valence-corrected chi connectivity index (χ1v) is 10.4. The van der Waals surface area contributed by atoms with Crippen LogP contribution in [0.2, 0.25) is 5.02 Å². The number of rotatable bonds is 6. The van der Waals surface area contributed by atoms with Gasteiger partial charge >= 0.3 is 0 Å². The molecule has 0 spiro atoms. The highest BCUT2D eigenvalue weighted by Gasteiger charge is 2.55. The molecule has 1 heterocycles. The number of fused-ring (bicyclic) bond motifs is 3. The number of aromatic nitrogens is 3. The van der Waals surface area contributed by atoms with Crippen molar-refractivity contribution in [1.82, 2.24) is 25.8 Å². The molecule has 1 aromatic heterocycles. The van der Waals surface area contributed by atoms with E-state index in [0.29, 0.717) is 37.9 Å². The predicted molar refractivity (Wildman–Crippen MR) is 108 cm³/mol. The molecule has 166 valence electrons. The Morgan fingerprint density at radius 2 is 2.03 bits per heavy atom. The Bertz CT molecular complexity index is 1010. The fourth-order valence-electron chi connectivity index (χ4n) is 4.44. The van der Waals surface area contributed by atoms with E-state index in [0.717, 1.165) is 6.07 Å². The lowest BCUT2D eigenvalue weighted by molar-refractivity contribution is -0.132. The summed E-state index contributed by atoms with van der Waals surface area (Å²) in [5.74, 6) is -0.549. The van der Waals surface area contributed by atoms with Crippen LogP contribution in [0.15, 0.2) is 18.2 Å². The van der Waals surface area contributed by atoms with E-state index in [4.69, 9.17) is 16.3 Å². The number of aryl methyl sites for hydroxylation is 1. The molecule has 3 aliphatic carbocycles. The Labute approximate surface area is 182 Å². The van der Waals surface area contributed by atoms with Crippen molar-refractivity contribution in [2.24, 2.45) is 0 Å². The van der Waals surface area contributed by atoms with Crippen LogP contribution < -0.4 is 15.4 Å². The summed E-state index contributed by atoms with van der Waals surface area (Å²) >= 11 is 5.64. The number of aliphatic hydroxyl groups excluding tert-OH is 1. The number of ether oxygens (including phenoxy) is 1. The number of nitrogens with zero attached hydrogens (tertiary/aromatic N) is 2. The summed E-state index contributed by atoms with van der Waals surface area (Å²) in [6.45, 7) is 1.39. The molecular weight excluding hydrogens is 429 g/mol. The minimum atomic E-state index is -0.830. The largest absolute Gasteiger partial charge is 0.484 e. The maximum absolute atomic E-state index is 13.5. The van der Waals surface area contributed by atoms with Crippen LogP contribution >= 0.6 is 11.6 Å². The van der Waals surface area contributed by atoms with Crippen LogP contribution in [0.3, 0.4) is 0 Å². The van der Waals surface area contributed by atoms with Crippen LogP contribution in [0, 0.1) is 12.7 Å².